The molecule has 3 heterocycles. The second kappa shape index (κ2) is 5.83. The number of aromatic amines is 1. The van der Waals surface area contributed by atoms with E-state index in [1.54, 1.807) is 24.3 Å². The molecule has 0 saturated carbocycles. The number of carbonyl (C=O) groups is 1. The van der Waals surface area contributed by atoms with E-state index in [4.69, 9.17) is 17.3 Å². The molecule has 0 aliphatic rings. The monoisotopic (exact) mass is 371 g/mol. The highest BCUT2D eigenvalue weighted by molar-refractivity contribution is 7.13. The molecule has 0 radical (unpaired) electrons. The van der Waals surface area contributed by atoms with Gasteiger partial charge in [-0.05, 0) is 35.7 Å². The summed E-state index contributed by atoms with van der Waals surface area (Å²) in [4.78, 5) is 36.4. The number of halogens is 1. The maximum atomic E-state index is 12.5. The number of hydrogen-bond acceptors (Lipinski definition) is 5. The molecule has 0 aliphatic heterocycles. The van der Waals surface area contributed by atoms with E-state index in [1.165, 1.54) is 15.9 Å². The summed E-state index contributed by atoms with van der Waals surface area (Å²) in [5.41, 5.74) is 6.01. The number of rotatable bonds is 3. The van der Waals surface area contributed by atoms with Crippen LogP contribution in [0.2, 0.25) is 5.02 Å². The number of H-pyrrole nitrogens is 1. The quantitative estimate of drug-likeness (QED) is 0.577. The predicted molar refractivity (Wildman–Crippen MR) is 96.3 cm³/mol. The van der Waals surface area contributed by atoms with Crippen molar-refractivity contribution in [3.8, 4) is 16.4 Å². The van der Waals surface area contributed by atoms with E-state index in [-0.39, 0.29) is 16.9 Å². The Bertz CT molecular complexity index is 1150. The minimum Gasteiger partial charge on any atom is -0.364 e. The van der Waals surface area contributed by atoms with Gasteiger partial charge >= 0.3 is 5.69 Å². The fraction of sp³-hybridized carbons (Fsp3) is 0. The number of aromatic nitrogens is 4. The number of nitrogens with zero attached hydrogens (tertiary/aromatic N) is 3. The fourth-order valence-electron chi connectivity index (χ4n) is 2.51. The van der Waals surface area contributed by atoms with Gasteiger partial charge in [0.2, 0.25) is 0 Å². The van der Waals surface area contributed by atoms with Crippen LogP contribution in [0, 0.1) is 0 Å². The van der Waals surface area contributed by atoms with Gasteiger partial charge in [0, 0.05) is 5.02 Å². The lowest BCUT2D eigenvalue weighted by Crippen LogP contribution is -2.15. The van der Waals surface area contributed by atoms with Crippen LogP contribution in [0.25, 0.3) is 27.6 Å². The van der Waals surface area contributed by atoms with Crippen molar-refractivity contribution >= 4 is 40.0 Å². The first-order chi connectivity index (χ1) is 12.0. The summed E-state index contributed by atoms with van der Waals surface area (Å²) in [5.74, 6) is -0.410. The van der Waals surface area contributed by atoms with Gasteiger partial charge in [0.05, 0.1) is 10.6 Å². The lowest BCUT2D eigenvalue weighted by Gasteiger charge is -2.05. The van der Waals surface area contributed by atoms with Gasteiger partial charge in [-0.15, -0.1) is 11.3 Å². The predicted octanol–water partition coefficient (Wildman–Crippen LogP) is 2.59. The minimum atomic E-state index is -0.741. The molecule has 7 nitrogen and oxygen atoms in total. The lowest BCUT2D eigenvalue weighted by atomic mass is 10.3. The molecule has 25 heavy (non-hydrogen) atoms. The topological polar surface area (TPSA) is 107 Å². The zero-order chi connectivity index (χ0) is 17.6. The maximum absolute atomic E-state index is 12.5. The van der Waals surface area contributed by atoms with Crippen molar-refractivity contribution in [2.24, 2.45) is 5.73 Å². The van der Waals surface area contributed by atoms with E-state index in [9.17, 15) is 9.59 Å². The maximum Gasteiger partial charge on any atom is 0.332 e. The number of nitrogens with one attached hydrogen (secondary N) is 1. The Morgan fingerprint density at radius 2 is 1.96 bits per heavy atom. The molecule has 0 spiro atoms. The van der Waals surface area contributed by atoms with Crippen LogP contribution in [0.4, 0.5) is 0 Å². The molecule has 1 aromatic carbocycles. The molecule has 4 rings (SSSR count). The normalized spacial score (nSPS) is 11.1. The van der Waals surface area contributed by atoms with Crippen molar-refractivity contribution in [1.82, 2.24) is 19.5 Å². The van der Waals surface area contributed by atoms with Crippen LogP contribution in [0.1, 0.15) is 10.5 Å². The third kappa shape index (κ3) is 2.61. The molecule has 0 saturated heterocycles. The molecule has 0 aliphatic carbocycles. The Hall–Kier alpha value is -2.97. The van der Waals surface area contributed by atoms with Gasteiger partial charge in [-0.25, -0.2) is 19.3 Å². The van der Waals surface area contributed by atoms with Crippen molar-refractivity contribution in [3.05, 3.63) is 63.0 Å². The molecule has 1 amide bonds. The molecule has 124 valence electrons. The van der Waals surface area contributed by atoms with Gasteiger partial charge in [-0.1, -0.05) is 17.7 Å². The number of benzene rings is 1. The van der Waals surface area contributed by atoms with Gasteiger partial charge in [0.1, 0.15) is 5.52 Å². The summed E-state index contributed by atoms with van der Waals surface area (Å²) in [7, 11) is 0. The van der Waals surface area contributed by atoms with Crippen LogP contribution in [-0.2, 0) is 0 Å². The smallest absolute Gasteiger partial charge is 0.332 e. The molecule has 0 fully saturated rings. The van der Waals surface area contributed by atoms with Crippen molar-refractivity contribution < 1.29 is 4.79 Å². The molecule has 0 atom stereocenters. The van der Waals surface area contributed by atoms with Gasteiger partial charge in [0.25, 0.3) is 5.91 Å². The Balaban J connectivity index is 2.07. The number of nitrogens with two attached hydrogens (primary N) is 1. The van der Waals surface area contributed by atoms with Crippen LogP contribution >= 0.6 is 22.9 Å². The van der Waals surface area contributed by atoms with Crippen molar-refractivity contribution in [3.63, 3.8) is 0 Å². The van der Waals surface area contributed by atoms with Gasteiger partial charge in [-0.3, -0.25) is 4.79 Å². The average Bonchev–Trinajstić information content (AvgIpc) is 3.22. The van der Waals surface area contributed by atoms with Gasteiger partial charge in [-0.2, -0.15) is 0 Å². The summed E-state index contributed by atoms with van der Waals surface area (Å²) < 4.78 is 1.36. The fourth-order valence-corrected chi connectivity index (χ4v) is 3.29. The van der Waals surface area contributed by atoms with E-state index in [1.807, 2.05) is 17.5 Å². The average molecular weight is 372 g/mol. The zero-order valence-electron chi connectivity index (χ0n) is 12.6. The number of carbonyl (C=O) groups excluding carboxylic acids is 1. The lowest BCUT2D eigenvalue weighted by molar-refractivity contribution is 0.0997. The molecule has 4 aromatic rings. The molecular weight excluding hydrogens is 362 g/mol. The Labute approximate surface area is 149 Å². The summed E-state index contributed by atoms with van der Waals surface area (Å²) in [6, 6.07) is 10.4. The summed E-state index contributed by atoms with van der Waals surface area (Å²) in [6.07, 6.45) is 0. The largest absolute Gasteiger partial charge is 0.364 e. The molecule has 3 N–H and O–H groups in total. The number of fused-ring (bicyclic) bond motifs is 1. The van der Waals surface area contributed by atoms with E-state index >= 15 is 0 Å². The zero-order valence-corrected chi connectivity index (χ0v) is 14.1. The standard InChI is InChI=1S/C16H10ClN5O2S/c17-8-3-5-9(6-4-8)22-15-12(20-16(22)24)11(13(18)23)19-14(21-15)10-2-1-7-25-10/h1-7H,(H2,18,23)(H,20,24). The summed E-state index contributed by atoms with van der Waals surface area (Å²) in [6.45, 7) is 0. The Kier molecular flexibility index (Phi) is 3.63. The molecular formula is C16H10ClN5O2S. The van der Waals surface area contributed by atoms with Crippen LogP contribution in [-0.4, -0.2) is 25.4 Å². The highest BCUT2D eigenvalue weighted by atomic mass is 35.5. The number of hydrogen-bond donors (Lipinski definition) is 2. The van der Waals surface area contributed by atoms with Crippen LogP contribution in [0.5, 0.6) is 0 Å². The number of imidazole rings is 1. The summed E-state index contributed by atoms with van der Waals surface area (Å²) in [5, 5.41) is 2.42. The van der Waals surface area contributed by atoms with Gasteiger partial charge in [0.15, 0.2) is 17.2 Å². The third-order valence-electron chi connectivity index (χ3n) is 3.60. The first-order valence-corrected chi connectivity index (χ1v) is 8.43. The first kappa shape index (κ1) is 15.6. The highest BCUT2D eigenvalue weighted by Crippen LogP contribution is 2.25. The Morgan fingerprint density at radius 3 is 2.60 bits per heavy atom. The molecule has 3 aromatic heterocycles. The van der Waals surface area contributed by atoms with Crippen LogP contribution in [0.15, 0.2) is 46.6 Å². The molecule has 0 unspecified atom stereocenters. The van der Waals surface area contributed by atoms with Crippen LogP contribution < -0.4 is 11.4 Å². The van der Waals surface area contributed by atoms with Crippen molar-refractivity contribution in [2.45, 2.75) is 0 Å². The number of amides is 1. The van der Waals surface area contributed by atoms with Gasteiger partial charge < -0.3 is 10.7 Å². The van der Waals surface area contributed by atoms with Crippen molar-refractivity contribution in [2.75, 3.05) is 0 Å². The number of thiophene rings is 1. The van der Waals surface area contributed by atoms with E-state index in [2.05, 4.69) is 15.0 Å². The first-order valence-electron chi connectivity index (χ1n) is 7.17. The SMILES string of the molecule is NC(=O)c1nc(-c2cccs2)nc2c1[nH]c(=O)n2-c1ccc(Cl)cc1. The second-order valence-corrected chi connectivity index (χ2v) is 6.56. The highest BCUT2D eigenvalue weighted by Gasteiger charge is 2.20. The Morgan fingerprint density at radius 1 is 1.20 bits per heavy atom. The summed E-state index contributed by atoms with van der Waals surface area (Å²) >= 11 is 7.33. The third-order valence-corrected chi connectivity index (χ3v) is 4.71. The van der Waals surface area contributed by atoms with E-state index < -0.39 is 11.6 Å². The van der Waals surface area contributed by atoms with Crippen LogP contribution in [0.3, 0.4) is 0 Å². The minimum absolute atomic E-state index is 0.0294. The molecule has 9 heteroatoms. The van der Waals surface area contributed by atoms with E-state index in [0.29, 0.717) is 16.5 Å². The van der Waals surface area contributed by atoms with Crippen molar-refractivity contribution in [1.29, 1.82) is 0 Å². The van der Waals surface area contributed by atoms with E-state index in [0.717, 1.165) is 4.88 Å². The molecule has 0 bridgehead atoms. The number of primary amides is 1. The second-order valence-electron chi connectivity index (χ2n) is 5.18.